The minimum atomic E-state index is -0.976. The van der Waals surface area contributed by atoms with Gasteiger partial charge < -0.3 is 15.3 Å². The molecule has 5 rings (SSSR count). The normalized spacial score (nSPS) is 19.3. The van der Waals surface area contributed by atoms with Crippen molar-refractivity contribution in [3.63, 3.8) is 0 Å². The van der Waals surface area contributed by atoms with Crippen molar-refractivity contribution in [2.75, 3.05) is 10.2 Å². The molecule has 34 heavy (non-hydrogen) atoms. The topological polar surface area (TPSA) is 90.4 Å². The SMILES string of the molecule is CC1(C)CCCC(=O)N1c1ccc(Nc2cc(-c3c(F)cccc3F)nc3c2C(O)NC3)nc1. The summed E-state index contributed by atoms with van der Waals surface area (Å²) in [6.07, 6.45) is 2.93. The third kappa shape index (κ3) is 3.91. The number of hydrogen-bond donors (Lipinski definition) is 3. The zero-order valence-electron chi connectivity index (χ0n) is 18.9. The molecule has 2 aromatic heterocycles. The van der Waals surface area contributed by atoms with Gasteiger partial charge in [-0.3, -0.25) is 15.1 Å². The van der Waals surface area contributed by atoms with Crippen LogP contribution in [0.15, 0.2) is 42.6 Å². The predicted molar refractivity (Wildman–Crippen MR) is 124 cm³/mol. The summed E-state index contributed by atoms with van der Waals surface area (Å²) in [5, 5.41) is 16.4. The van der Waals surface area contributed by atoms with E-state index in [0.717, 1.165) is 12.8 Å². The van der Waals surface area contributed by atoms with Crippen molar-refractivity contribution in [3.05, 3.63) is 65.5 Å². The molecule has 9 heteroatoms. The molecule has 7 nitrogen and oxygen atoms in total. The second-order valence-electron chi connectivity index (χ2n) is 9.22. The summed E-state index contributed by atoms with van der Waals surface area (Å²) in [6.45, 7) is 4.33. The van der Waals surface area contributed by atoms with E-state index in [1.54, 1.807) is 17.2 Å². The number of nitrogens with one attached hydrogen (secondary N) is 2. The fraction of sp³-hybridized carbons (Fsp3) is 0.320. The van der Waals surface area contributed by atoms with E-state index < -0.39 is 17.9 Å². The number of halogens is 2. The van der Waals surface area contributed by atoms with Crippen LogP contribution >= 0.6 is 0 Å². The first kappa shape index (κ1) is 22.4. The molecule has 1 amide bonds. The van der Waals surface area contributed by atoms with Gasteiger partial charge in [0, 0.05) is 24.1 Å². The summed E-state index contributed by atoms with van der Waals surface area (Å²) in [5.41, 5.74) is 1.72. The fourth-order valence-corrected chi connectivity index (χ4v) is 4.77. The molecular formula is C25H25F2N5O2. The summed E-state index contributed by atoms with van der Waals surface area (Å²) in [6, 6.07) is 8.70. The number of piperidine rings is 1. The number of rotatable bonds is 4. The quantitative estimate of drug-likeness (QED) is 0.524. The predicted octanol–water partition coefficient (Wildman–Crippen LogP) is 4.56. The molecule has 0 aliphatic carbocycles. The zero-order chi connectivity index (χ0) is 24.0. The molecule has 1 fully saturated rings. The van der Waals surface area contributed by atoms with Crippen LogP contribution in [0.2, 0.25) is 0 Å². The van der Waals surface area contributed by atoms with E-state index in [2.05, 4.69) is 20.6 Å². The molecule has 1 unspecified atom stereocenters. The summed E-state index contributed by atoms with van der Waals surface area (Å²) < 4.78 is 28.9. The van der Waals surface area contributed by atoms with Crippen molar-refractivity contribution >= 4 is 23.1 Å². The minimum Gasteiger partial charge on any atom is -0.374 e. The first-order chi connectivity index (χ1) is 16.2. The summed E-state index contributed by atoms with van der Waals surface area (Å²) in [7, 11) is 0. The number of hydrogen-bond acceptors (Lipinski definition) is 6. The average Bonchev–Trinajstić information content (AvgIpc) is 3.15. The van der Waals surface area contributed by atoms with Crippen molar-refractivity contribution in [1.29, 1.82) is 0 Å². The molecule has 0 saturated carbocycles. The molecule has 176 valence electrons. The number of anilines is 3. The van der Waals surface area contributed by atoms with E-state index in [4.69, 9.17) is 0 Å². The molecule has 0 radical (unpaired) electrons. The van der Waals surface area contributed by atoms with E-state index in [0.29, 0.717) is 34.9 Å². The Morgan fingerprint density at radius 1 is 1.21 bits per heavy atom. The maximum Gasteiger partial charge on any atom is 0.227 e. The number of carbonyl (C=O) groups excluding carboxylic acids is 1. The van der Waals surface area contributed by atoms with Gasteiger partial charge >= 0.3 is 0 Å². The average molecular weight is 466 g/mol. The molecule has 3 aromatic rings. The molecule has 3 N–H and O–H groups in total. The molecule has 1 aromatic carbocycles. The Labute approximate surface area is 195 Å². The number of carbonyl (C=O) groups is 1. The van der Waals surface area contributed by atoms with Crippen molar-refractivity contribution in [3.8, 4) is 11.3 Å². The lowest BCUT2D eigenvalue weighted by Gasteiger charge is -2.42. The van der Waals surface area contributed by atoms with Crippen LogP contribution in [0.5, 0.6) is 0 Å². The lowest BCUT2D eigenvalue weighted by atomic mass is 9.89. The Kier molecular flexibility index (Phi) is 5.53. The van der Waals surface area contributed by atoms with Gasteiger partial charge in [-0.2, -0.15) is 0 Å². The van der Waals surface area contributed by atoms with Gasteiger partial charge in [0.25, 0.3) is 0 Å². The third-order valence-electron chi connectivity index (χ3n) is 6.40. The molecule has 0 spiro atoms. The largest absolute Gasteiger partial charge is 0.374 e. The van der Waals surface area contributed by atoms with Crippen LogP contribution in [0, 0.1) is 11.6 Å². The first-order valence-electron chi connectivity index (χ1n) is 11.2. The highest BCUT2D eigenvalue weighted by Crippen LogP contribution is 2.37. The zero-order valence-corrected chi connectivity index (χ0v) is 18.9. The highest BCUT2D eigenvalue weighted by Gasteiger charge is 2.35. The number of aliphatic hydroxyl groups excluding tert-OH is 1. The maximum atomic E-state index is 14.4. The smallest absolute Gasteiger partial charge is 0.227 e. The van der Waals surface area contributed by atoms with Crippen LogP contribution < -0.4 is 15.5 Å². The Bertz CT molecular complexity index is 1240. The van der Waals surface area contributed by atoms with Gasteiger partial charge in [-0.15, -0.1) is 0 Å². The van der Waals surface area contributed by atoms with E-state index in [-0.39, 0.29) is 29.2 Å². The van der Waals surface area contributed by atoms with Crippen LogP contribution in [-0.2, 0) is 11.3 Å². The second kappa shape index (κ2) is 8.41. The fourth-order valence-electron chi connectivity index (χ4n) is 4.77. The standard InChI is InChI=1S/C25H25F2N5O2/c1-25(2)10-4-7-21(33)32(25)14-8-9-20(28-12-14)31-18-11-17(22-15(26)5-3-6-16(22)27)30-19-13-29-24(34)23(18)19/h3,5-6,8-9,11-12,24,29,34H,4,7,10,13H2,1-2H3,(H,28,30,31). The van der Waals surface area contributed by atoms with Crippen molar-refractivity contribution < 1.29 is 18.7 Å². The highest BCUT2D eigenvalue weighted by atomic mass is 19.1. The van der Waals surface area contributed by atoms with Crippen molar-refractivity contribution in [2.45, 2.75) is 51.4 Å². The lowest BCUT2D eigenvalue weighted by molar-refractivity contribution is -0.121. The van der Waals surface area contributed by atoms with Gasteiger partial charge in [0.1, 0.15) is 23.7 Å². The second-order valence-corrected chi connectivity index (χ2v) is 9.22. The lowest BCUT2D eigenvalue weighted by Crippen LogP contribution is -2.51. The Morgan fingerprint density at radius 3 is 2.65 bits per heavy atom. The highest BCUT2D eigenvalue weighted by molar-refractivity contribution is 5.95. The molecule has 2 aliphatic heterocycles. The number of amides is 1. The Morgan fingerprint density at radius 2 is 1.97 bits per heavy atom. The van der Waals surface area contributed by atoms with E-state index in [1.807, 2.05) is 19.9 Å². The van der Waals surface area contributed by atoms with E-state index in [9.17, 15) is 18.7 Å². The third-order valence-corrected chi connectivity index (χ3v) is 6.40. The van der Waals surface area contributed by atoms with Crippen molar-refractivity contribution in [1.82, 2.24) is 15.3 Å². The van der Waals surface area contributed by atoms with Gasteiger partial charge in [0.05, 0.1) is 34.5 Å². The summed E-state index contributed by atoms with van der Waals surface area (Å²) >= 11 is 0. The van der Waals surface area contributed by atoms with Gasteiger partial charge in [0.2, 0.25) is 5.91 Å². The maximum absolute atomic E-state index is 14.4. The molecular weight excluding hydrogens is 440 g/mol. The van der Waals surface area contributed by atoms with E-state index in [1.165, 1.54) is 24.3 Å². The van der Waals surface area contributed by atoms with Crippen molar-refractivity contribution in [2.24, 2.45) is 0 Å². The summed E-state index contributed by atoms with van der Waals surface area (Å²) in [5.74, 6) is -0.919. The number of aromatic nitrogens is 2. The summed E-state index contributed by atoms with van der Waals surface area (Å²) in [4.78, 5) is 23.2. The molecule has 1 atom stereocenters. The monoisotopic (exact) mass is 465 g/mol. The number of benzene rings is 1. The number of fused-ring (bicyclic) bond motifs is 1. The van der Waals surface area contributed by atoms with Gasteiger partial charge in [-0.1, -0.05) is 6.07 Å². The van der Waals surface area contributed by atoms with Gasteiger partial charge in [-0.25, -0.2) is 13.8 Å². The van der Waals surface area contributed by atoms with Gasteiger partial charge in [-0.05, 0) is 57.0 Å². The first-order valence-corrected chi connectivity index (χ1v) is 11.2. The van der Waals surface area contributed by atoms with Crippen LogP contribution in [0.1, 0.15) is 50.6 Å². The number of aliphatic hydroxyl groups is 1. The van der Waals surface area contributed by atoms with E-state index >= 15 is 0 Å². The Balaban J connectivity index is 1.50. The molecule has 2 aliphatic rings. The van der Waals surface area contributed by atoms with Crippen LogP contribution in [0.3, 0.4) is 0 Å². The Hall–Kier alpha value is -3.43. The van der Waals surface area contributed by atoms with Crippen LogP contribution in [0.4, 0.5) is 26.0 Å². The van der Waals surface area contributed by atoms with Crippen LogP contribution in [0.25, 0.3) is 11.3 Å². The molecule has 1 saturated heterocycles. The number of pyridine rings is 2. The molecule has 4 heterocycles. The number of nitrogens with zero attached hydrogens (tertiary/aromatic N) is 3. The van der Waals surface area contributed by atoms with Crippen LogP contribution in [-0.4, -0.2) is 26.5 Å². The van der Waals surface area contributed by atoms with Gasteiger partial charge in [0.15, 0.2) is 0 Å². The minimum absolute atomic E-state index is 0.0662. The molecule has 0 bridgehead atoms.